The van der Waals surface area contributed by atoms with Gasteiger partial charge in [-0.25, -0.2) is 0 Å². The van der Waals surface area contributed by atoms with Gasteiger partial charge in [0.1, 0.15) is 0 Å². The van der Waals surface area contributed by atoms with E-state index in [9.17, 15) is 15.3 Å². The molecule has 0 aliphatic heterocycles. The summed E-state index contributed by atoms with van der Waals surface area (Å²) in [6.07, 6.45) is 0. The maximum atomic E-state index is 10.3. The first kappa shape index (κ1) is 23.0. The Morgan fingerprint density at radius 2 is 0.613 bits per heavy atom. The fourth-order valence-corrected chi connectivity index (χ4v) is 3.50. The summed E-state index contributed by atoms with van der Waals surface area (Å²) < 4.78 is 0. The molecule has 0 heterocycles. The van der Waals surface area contributed by atoms with Crippen LogP contribution in [0.15, 0.2) is 72.8 Å². The lowest BCUT2D eigenvalue weighted by Crippen LogP contribution is -2.17. The number of benzene rings is 3. The fraction of sp³-hybridized carbons (Fsp3) is 0.333. The molecule has 4 nitrogen and oxygen atoms in total. The van der Waals surface area contributed by atoms with Crippen LogP contribution in [-0.2, 0) is 16.8 Å². The Kier molecular flexibility index (Phi) is 6.03. The van der Waals surface area contributed by atoms with Crippen LogP contribution in [0.5, 0.6) is 0 Å². The van der Waals surface area contributed by atoms with E-state index in [4.69, 9.17) is 0 Å². The van der Waals surface area contributed by atoms with Crippen molar-refractivity contribution in [3.05, 3.63) is 89.5 Å². The van der Waals surface area contributed by atoms with E-state index in [-0.39, 0.29) is 0 Å². The molecule has 0 saturated carbocycles. The van der Waals surface area contributed by atoms with Crippen LogP contribution in [0.3, 0.4) is 0 Å². The first-order chi connectivity index (χ1) is 14.3. The number of rotatable bonds is 6. The van der Waals surface area contributed by atoms with Crippen molar-refractivity contribution in [1.82, 2.24) is 0 Å². The Hall–Kier alpha value is -2.66. The van der Waals surface area contributed by atoms with E-state index in [0.29, 0.717) is 0 Å². The monoisotopic (exact) mass is 419 g/mol. The van der Waals surface area contributed by atoms with Crippen LogP contribution >= 0.6 is 0 Å². The van der Waals surface area contributed by atoms with Crippen molar-refractivity contribution < 1.29 is 15.3 Å². The van der Waals surface area contributed by atoms with E-state index >= 15 is 0 Å². The molecule has 0 radical (unpaired) electrons. The van der Waals surface area contributed by atoms with Crippen LogP contribution in [-0.4, -0.2) is 15.3 Å². The van der Waals surface area contributed by atoms with Crippen LogP contribution < -0.4 is 4.90 Å². The van der Waals surface area contributed by atoms with Crippen LogP contribution in [0.25, 0.3) is 0 Å². The highest BCUT2D eigenvalue weighted by Crippen LogP contribution is 2.37. The van der Waals surface area contributed by atoms with Crippen LogP contribution in [0.4, 0.5) is 17.1 Å². The van der Waals surface area contributed by atoms with Crippen LogP contribution in [0, 0.1) is 0 Å². The highest BCUT2D eigenvalue weighted by Gasteiger charge is 2.21. The molecule has 0 saturated heterocycles. The largest absolute Gasteiger partial charge is 0.386 e. The van der Waals surface area contributed by atoms with Gasteiger partial charge in [0, 0.05) is 17.1 Å². The second kappa shape index (κ2) is 8.12. The highest BCUT2D eigenvalue weighted by molar-refractivity contribution is 5.76. The molecule has 3 rings (SSSR count). The van der Waals surface area contributed by atoms with Gasteiger partial charge in [-0.15, -0.1) is 0 Å². The SMILES string of the molecule is CC(C)(O)c1ccc(N(c2ccc(C(C)(C)O)cc2)c2ccc(C(C)(C)O)cc2)cc1. The number of anilines is 3. The maximum absolute atomic E-state index is 10.3. The molecule has 3 aromatic carbocycles. The molecule has 0 spiro atoms. The molecule has 0 aliphatic rings. The molecule has 4 heteroatoms. The lowest BCUT2D eigenvalue weighted by molar-refractivity contribution is 0.0781. The van der Waals surface area contributed by atoms with Crippen LogP contribution in [0.2, 0.25) is 0 Å². The van der Waals surface area contributed by atoms with Gasteiger partial charge in [0.05, 0.1) is 16.8 Å². The third kappa shape index (κ3) is 5.34. The summed E-state index contributed by atoms with van der Waals surface area (Å²) in [6, 6.07) is 23.5. The summed E-state index contributed by atoms with van der Waals surface area (Å²) in [7, 11) is 0. The summed E-state index contributed by atoms with van der Waals surface area (Å²) in [4.78, 5) is 2.11. The summed E-state index contributed by atoms with van der Waals surface area (Å²) in [6.45, 7) is 10.6. The smallest absolute Gasteiger partial charge is 0.0840 e. The Balaban J connectivity index is 2.08. The highest BCUT2D eigenvalue weighted by atomic mass is 16.3. The molecule has 31 heavy (non-hydrogen) atoms. The number of nitrogens with zero attached hydrogens (tertiary/aromatic N) is 1. The van der Waals surface area contributed by atoms with E-state index < -0.39 is 16.8 Å². The van der Waals surface area contributed by atoms with Crippen molar-refractivity contribution in [3.8, 4) is 0 Å². The van der Waals surface area contributed by atoms with E-state index in [1.165, 1.54) is 0 Å². The van der Waals surface area contributed by atoms with E-state index in [1.807, 2.05) is 72.8 Å². The van der Waals surface area contributed by atoms with Crippen molar-refractivity contribution in [2.75, 3.05) is 4.90 Å². The van der Waals surface area contributed by atoms with E-state index in [1.54, 1.807) is 41.5 Å². The van der Waals surface area contributed by atoms with Gasteiger partial charge in [0.25, 0.3) is 0 Å². The summed E-state index contributed by atoms with van der Waals surface area (Å²) in [5.41, 5.74) is 2.62. The van der Waals surface area contributed by atoms with Crippen molar-refractivity contribution in [1.29, 1.82) is 0 Å². The van der Waals surface area contributed by atoms with Crippen LogP contribution in [0.1, 0.15) is 58.2 Å². The standard InChI is InChI=1S/C27H33NO3/c1-25(2,29)19-7-13-22(14-8-19)28(23-15-9-20(10-16-23)26(3,4)30)24-17-11-21(12-18-24)27(5,6)31/h7-18,29-31H,1-6H3. The Labute approximate surface area is 185 Å². The molecule has 0 amide bonds. The van der Waals surface area contributed by atoms with Gasteiger partial charge >= 0.3 is 0 Å². The average molecular weight is 420 g/mol. The molecule has 0 bridgehead atoms. The molecular formula is C27H33NO3. The Morgan fingerprint density at radius 1 is 0.419 bits per heavy atom. The number of hydrogen-bond acceptors (Lipinski definition) is 4. The van der Waals surface area contributed by atoms with Gasteiger partial charge in [-0.1, -0.05) is 36.4 Å². The molecule has 0 aromatic heterocycles. The van der Waals surface area contributed by atoms with Crippen molar-refractivity contribution in [2.24, 2.45) is 0 Å². The number of aliphatic hydroxyl groups is 3. The van der Waals surface area contributed by atoms with Gasteiger partial charge in [-0.3, -0.25) is 0 Å². The zero-order valence-electron chi connectivity index (χ0n) is 19.2. The Bertz CT molecular complexity index is 864. The lowest BCUT2D eigenvalue weighted by atomic mass is 9.96. The molecule has 0 unspecified atom stereocenters. The summed E-state index contributed by atoms with van der Waals surface area (Å²) in [5.74, 6) is 0. The molecular weight excluding hydrogens is 386 g/mol. The summed E-state index contributed by atoms with van der Waals surface area (Å²) >= 11 is 0. The second-order valence-corrected chi connectivity index (χ2v) is 9.65. The lowest BCUT2D eigenvalue weighted by Gasteiger charge is -2.28. The van der Waals surface area contributed by atoms with Crippen molar-refractivity contribution in [2.45, 2.75) is 58.3 Å². The minimum Gasteiger partial charge on any atom is -0.386 e. The average Bonchev–Trinajstić information content (AvgIpc) is 2.67. The van der Waals surface area contributed by atoms with Gasteiger partial charge in [-0.2, -0.15) is 0 Å². The minimum atomic E-state index is -0.911. The molecule has 164 valence electrons. The third-order valence-electron chi connectivity index (χ3n) is 5.50. The van der Waals surface area contributed by atoms with E-state index in [2.05, 4.69) is 4.90 Å². The topological polar surface area (TPSA) is 63.9 Å². The zero-order chi connectivity index (χ0) is 23.0. The fourth-order valence-electron chi connectivity index (χ4n) is 3.50. The minimum absolute atomic E-state index is 0.839. The van der Waals surface area contributed by atoms with Gasteiger partial charge in [-0.05, 0) is 94.6 Å². The van der Waals surface area contributed by atoms with Gasteiger partial charge in [0.15, 0.2) is 0 Å². The summed E-state index contributed by atoms with van der Waals surface area (Å²) in [5, 5.41) is 30.9. The van der Waals surface area contributed by atoms with Crippen molar-refractivity contribution in [3.63, 3.8) is 0 Å². The second-order valence-electron chi connectivity index (χ2n) is 9.65. The molecule has 0 atom stereocenters. The maximum Gasteiger partial charge on any atom is 0.0840 e. The molecule has 3 aromatic rings. The van der Waals surface area contributed by atoms with Gasteiger partial charge in [0.2, 0.25) is 0 Å². The third-order valence-corrected chi connectivity index (χ3v) is 5.50. The van der Waals surface area contributed by atoms with E-state index in [0.717, 1.165) is 33.8 Å². The predicted octanol–water partition coefficient (Wildman–Crippen LogP) is 5.84. The quantitative estimate of drug-likeness (QED) is 0.470. The van der Waals surface area contributed by atoms with Crippen molar-refractivity contribution >= 4 is 17.1 Å². The molecule has 0 aliphatic carbocycles. The first-order valence-electron chi connectivity index (χ1n) is 10.6. The normalized spacial score (nSPS) is 12.7. The van der Waals surface area contributed by atoms with Gasteiger partial charge < -0.3 is 20.2 Å². The predicted molar refractivity (Wildman–Crippen MR) is 127 cm³/mol. The zero-order valence-corrected chi connectivity index (χ0v) is 19.2. The Morgan fingerprint density at radius 3 is 0.774 bits per heavy atom. The number of hydrogen-bond donors (Lipinski definition) is 3. The molecule has 3 N–H and O–H groups in total. The molecule has 0 fully saturated rings. The first-order valence-corrected chi connectivity index (χ1v) is 10.6.